The number of benzene rings is 2. The third kappa shape index (κ3) is 3.28. The van der Waals surface area contributed by atoms with Gasteiger partial charge in [-0.3, -0.25) is 0 Å². The molecule has 0 aliphatic heterocycles. The summed E-state index contributed by atoms with van der Waals surface area (Å²) in [7, 11) is 1.48. The van der Waals surface area contributed by atoms with Gasteiger partial charge < -0.3 is 9.84 Å². The molecule has 3 rings (SSSR count). The van der Waals surface area contributed by atoms with Crippen LogP contribution in [0.25, 0.3) is 5.69 Å². The highest BCUT2D eigenvalue weighted by Crippen LogP contribution is 2.33. The first-order chi connectivity index (χ1) is 12.4. The molecule has 1 heterocycles. The molecule has 0 unspecified atom stereocenters. The standard InChI is InChI=1S/C17H16F2N4O3/c1-10-4-3-5-14(23-17(25)22(2)20-21-23)13(10)9-26-15-7-6-11(24)8-12(15)16(18)19/h3-8,16,24H,9H2,1-2H3. The lowest BCUT2D eigenvalue weighted by Gasteiger charge is -2.15. The molecule has 0 bridgehead atoms. The van der Waals surface area contributed by atoms with Crippen molar-refractivity contribution >= 4 is 0 Å². The Hall–Kier alpha value is -3.23. The number of aryl methyl sites for hydroxylation is 2. The monoisotopic (exact) mass is 362 g/mol. The van der Waals surface area contributed by atoms with Crippen LogP contribution in [0.2, 0.25) is 0 Å². The first kappa shape index (κ1) is 17.6. The van der Waals surface area contributed by atoms with E-state index in [1.165, 1.54) is 19.2 Å². The molecule has 26 heavy (non-hydrogen) atoms. The lowest BCUT2D eigenvalue weighted by atomic mass is 10.1. The quantitative estimate of drug-likeness (QED) is 0.754. The fourth-order valence-electron chi connectivity index (χ4n) is 2.53. The molecule has 1 N–H and O–H groups in total. The SMILES string of the molecule is Cc1cccc(-n2nnn(C)c2=O)c1COc1ccc(O)cc1C(F)F. The maximum Gasteiger partial charge on any atom is 0.368 e. The Labute approximate surface area is 147 Å². The molecule has 0 radical (unpaired) electrons. The third-order valence-corrected chi connectivity index (χ3v) is 3.94. The van der Waals surface area contributed by atoms with E-state index >= 15 is 0 Å². The molecule has 0 spiro atoms. The summed E-state index contributed by atoms with van der Waals surface area (Å²) in [6, 6.07) is 8.75. The van der Waals surface area contributed by atoms with Gasteiger partial charge in [0.15, 0.2) is 0 Å². The van der Waals surface area contributed by atoms with Crippen LogP contribution in [-0.2, 0) is 13.7 Å². The Morgan fingerprint density at radius 2 is 2.00 bits per heavy atom. The van der Waals surface area contributed by atoms with Crippen LogP contribution in [-0.4, -0.2) is 24.9 Å². The van der Waals surface area contributed by atoms with Gasteiger partial charge in [-0.15, -0.1) is 0 Å². The minimum atomic E-state index is -2.80. The molecule has 0 aliphatic rings. The number of ether oxygens (including phenoxy) is 1. The zero-order chi connectivity index (χ0) is 18.8. The van der Waals surface area contributed by atoms with Gasteiger partial charge >= 0.3 is 5.69 Å². The molecule has 0 amide bonds. The average molecular weight is 362 g/mol. The topological polar surface area (TPSA) is 82.2 Å². The van der Waals surface area contributed by atoms with Crippen LogP contribution in [0.5, 0.6) is 11.5 Å². The number of halogens is 2. The number of hydrogen-bond acceptors (Lipinski definition) is 5. The van der Waals surface area contributed by atoms with Gasteiger partial charge in [0.2, 0.25) is 0 Å². The van der Waals surface area contributed by atoms with Crippen LogP contribution in [0, 0.1) is 6.92 Å². The van der Waals surface area contributed by atoms with E-state index in [0.29, 0.717) is 11.3 Å². The van der Waals surface area contributed by atoms with E-state index in [4.69, 9.17) is 4.74 Å². The first-order valence-corrected chi connectivity index (χ1v) is 7.70. The number of alkyl halides is 2. The number of rotatable bonds is 5. The normalized spacial score (nSPS) is 11.1. The van der Waals surface area contributed by atoms with E-state index in [2.05, 4.69) is 10.4 Å². The Bertz CT molecular complexity index is 998. The molecule has 0 saturated carbocycles. The van der Waals surface area contributed by atoms with Gasteiger partial charge in [0.1, 0.15) is 18.1 Å². The second-order valence-corrected chi connectivity index (χ2v) is 5.68. The van der Waals surface area contributed by atoms with Gasteiger partial charge in [-0.25, -0.2) is 13.6 Å². The Balaban J connectivity index is 1.97. The summed E-state index contributed by atoms with van der Waals surface area (Å²) in [5, 5.41) is 16.9. The fourth-order valence-corrected chi connectivity index (χ4v) is 2.53. The molecule has 0 fully saturated rings. The summed E-state index contributed by atoms with van der Waals surface area (Å²) in [5.41, 5.74) is 1.04. The van der Waals surface area contributed by atoms with E-state index in [1.54, 1.807) is 12.1 Å². The molecule has 0 atom stereocenters. The lowest BCUT2D eigenvalue weighted by molar-refractivity contribution is 0.144. The maximum atomic E-state index is 13.2. The van der Waals surface area contributed by atoms with E-state index in [-0.39, 0.29) is 18.1 Å². The number of aromatic hydroxyl groups is 1. The summed E-state index contributed by atoms with van der Waals surface area (Å²) in [5.74, 6) is -0.311. The van der Waals surface area contributed by atoms with E-state index in [0.717, 1.165) is 21.0 Å². The van der Waals surface area contributed by atoms with Crippen molar-refractivity contribution in [1.82, 2.24) is 19.8 Å². The molecule has 2 aromatic carbocycles. The number of phenols is 1. The molecule has 1 aromatic heterocycles. The smallest absolute Gasteiger partial charge is 0.368 e. The number of nitrogens with zero attached hydrogens (tertiary/aromatic N) is 4. The number of hydrogen-bond donors (Lipinski definition) is 1. The molecule has 0 aliphatic carbocycles. The summed E-state index contributed by atoms with van der Waals surface area (Å²) in [6.07, 6.45) is -2.80. The van der Waals surface area contributed by atoms with Crippen LogP contribution in [0.4, 0.5) is 8.78 Å². The summed E-state index contributed by atoms with van der Waals surface area (Å²) in [6.45, 7) is 1.75. The van der Waals surface area contributed by atoms with Crippen LogP contribution in [0.3, 0.4) is 0 Å². The predicted molar refractivity (Wildman–Crippen MR) is 88.7 cm³/mol. The van der Waals surface area contributed by atoms with Crippen molar-refractivity contribution in [3.05, 3.63) is 63.6 Å². The Kier molecular flexibility index (Phi) is 4.70. The predicted octanol–water partition coefficient (Wildman–Crippen LogP) is 2.50. The Morgan fingerprint density at radius 1 is 1.23 bits per heavy atom. The summed E-state index contributed by atoms with van der Waals surface area (Å²) in [4.78, 5) is 12.1. The van der Waals surface area contributed by atoms with Gasteiger partial charge in [0, 0.05) is 12.6 Å². The third-order valence-electron chi connectivity index (χ3n) is 3.94. The van der Waals surface area contributed by atoms with Crippen molar-refractivity contribution < 1.29 is 18.6 Å². The van der Waals surface area contributed by atoms with Crippen LogP contribution >= 0.6 is 0 Å². The first-order valence-electron chi connectivity index (χ1n) is 7.70. The fraction of sp³-hybridized carbons (Fsp3) is 0.235. The van der Waals surface area contributed by atoms with Gasteiger partial charge in [-0.2, -0.15) is 9.36 Å². The van der Waals surface area contributed by atoms with Crippen molar-refractivity contribution in [3.63, 3.8) is 0 Å². The number of tetrazole rings is 1. The highest BCUT2D eigenvalue weighted by molar-refractivity contribution is 5.45. The molecule has 136 valence electrons. The highest BCUT2D eigenvalue weighted by Gasteiger charge is 2.17. The van der Waals surface area contributed by atoms with Crippen LogP contribution in [0.15, 0.2) is 41.2 Å². The van der Waals surface area contributed by atoms with Gasteiger partial charge in [0.05, 0.1) is 11.3 Å². The highest BCUT2D eigenvalue weighted by atomic mass is 19.3. The molecule has 0 saturated heterocycles. The van der Waals surface area contributed by atoms with Crippen LogP contribution in [0.1, 0.15) is 23.1 Å². The van der Waals surface area contributed by atoms with E-state index in [1.807, 2.05) is 13.0 Å². The number of phenolic OH excluding ortho intramolecular Hbond substituents is 1. The van der Waals surface area contributed by atoms with Crippen molar-refractivity contribution in [2.75, 3.05) is 0 Å². The minimum absolute atomic E-state index is 0.0431. The Morgan fingerprint density at radius 3 is 2.65 bits per heavy atom. The molecule has 9 heteroatoms. The van der Waals surface area contributed by atoms with Crippen molar-refractivity contribution in [3.8, 4) is 17.2 Å². The molecular weight excluding hydrogens is 346 g/mol. The number of aromatic nitrogens is 4. The molecular formula is C17H16F2N4O3. The summed E-state index contributed by atoms with van der Waals surface area (Å²) >= 11 is 0. The maximum absolute atomic E-state index is 13.2. The molecule has 7 nitrogen and oxygen atoms in total. The lowest BCUT2D eigenvalue weighted by Crippen LogP contribution is -2.23. The van der Waals surface area contributed by atoms with E-state index in [9.17, 15) is 18.7 Å². The van der Waals surface area contributed by atoms with Crippen molar-refractivity contribution in [1.29, 1.82) is 0 Å². The average Bonchev–Trinajstić information content (AvgIpc) is 2.93. The zero-order valence-electron chi connectivity index (χ0n) is 14.1. The van der Waals surface area contributed by atoms with Crippen molar-refractivity contribution in [2.45, 2.75) is 20.0 Å². The van der Waals surface area contributed by atoms with Crippen molar-refractivity contribution in [2.24, 2.45) is 7.05 Å². The van der Waals surface area contributed by atoms with Gasteiger partial charge in [0.25, 0.3) is 6.43 Å². The summed E-state index contributed by atoms with van der Waals surface area (Å²) < 4.78 is 34.1. The second kappa shape index (κ2) is 6.95. The largest absolute Gasteiger partial charge is 0.508 e. The minimum Gasteiger partial charge on any atom is -0.508 e. The van der Waals surface area contributed by atoms with Gasteiger partial charge in [-0.1, -0.05) is 12.1 Å². The van der Waals surface area contributed by atoms with E-state index < -0.39 is 17.7 Å². The van der Waals surface area contributed by atoms with Gasteiger partial charge in [-0.05, 0) is 47.2 Å². The second-order valence-electron chi connectivity index (χ2n) is 5.68. The molecule has 3 aromatic rings. The van der Waals surface area contributed by atoms with Crippen LogP contribution < -0.4 is 10.4 Å². The zero-order valence-corrected chi connectivity index (χ0v) is 14.1.